The van der Waals surface area contributed by atoms with Crippen molar-refractivity contribution < 1.29 is 4.21 Å². The Hall–Kier alpha value is -0.200. The van der Waals surface area contributed by atoms with Crippen molar-refractivity contribution in [2.75, 3.05) is 12.0 Å². The molecule has 18 heavy (non-hydrogen) atoms. The molecule has 0 amide bonds. The van der Waals surface area contributed by atoms with Gasteiger partial charge in [-0.1, -0.05) is 6.92 Å². The largest absolute Gasteiger partial charge is 0.309 e. The highest BCUT2D eigenvalue weighted by molar-refractivity contribution is 9.10. The first-order valence-corrected chi connectivity index (χ1v) is 8.71. The second kappa shape index (κ2) is 7.40. The lowest BCUT2D eigenvalue weighted by atomic mass is 10.2. The predicted octanol–water partition coefficient (Wildman–Crippen LogP) is 1.99. The lowest BCUT2D eigenvalue weighted by molar-refractivity contribution is 0.516. The van der Waals surface area contributed by atoms with Gasteiger partial charge in [0.15, 0.2) is 0 Å². The van der Waals surface area contributed by atoms with Gasteiger partial charge in [0.05, 0.1) is 15.9 Å². The zero-order chi connectivity index (χ0) is 13.7. The molecule has 1 heterocycles. The van der Waals surface area contributed by atoms with Crippen LogP contribution in [-0.4, -0.2) is 32.0 Å². The van der Waals surface area contributed by atoms with Gasteiger partial charge in [0.1, 0.15) is 0 Å². The minimum absolute atomic E-state index is 0.362. The number of rotatable bonds is 7. The van der Waals surface area contributed by atoms with E-state index in [2.05, 4.69) is 40.2 Å². The molecule has 2 atom stereocenters. The Labute approximate surface area is 120 Å². The summed E-state index contributed by atoms with van der Waals surface area (Å²) >= 11 is 3.60. The smallest absolute Gasteiger partial charge is 0.0767 e. The first-order valence-electron chi connectivity index (χ1n) is 6.19. The molecule has 0 saturated heterocycles. The standard InChI is InChI=1S/C12H22BrN3OS/c1-5-10-12(13)11(16(3)15-10)8-14-9(2)6-7-18(4)17/h9,14H,5-8H2,1-4H3. The van der Waals surface area contributed by atoms with E-state index in [9.17, 15) is 4.21 Å². The molecule has 0 aliphatic rings. The minimum Gasteiger partial charge on any atom is -0.309 e. The summed E-state index contributed by atoms with van der Waals surface area (Å²) in [5.74, 6) is 0.751. The molecule has 1 N–H and O–H groups in total. The Morgan fingerprint density at radius 1 is 1.56 bits per heavy atom. The molecule has 0 bridgehead atoms. The van der Waals surface area contributed by atoms with Gasteiger partial charge in [-0.2, -0.15) is 5.10 Å². The predicted molar refractivity (Wildman–Crippen MR) is 80.1 cm³/mol. The summed E-state index contributed by atoms with van der Waals surface area (Å²) in [6, 6.07) is 0.362. The van der Waals surface area contributed by atoms with Crippen LogP contribution in [-0.2, 0) is 30.8 Å². The maximum atomic E-state index is 11.0. The van der Waals surface area contributed by atoms with Crippen LogP contribution in [0.2, 0.25) is 0 Å². The Bertz CT molecular complexity index is 420. The van der Waals surface area contributed by atoms with Gasteiger partial charge in [0.25, 0.3) is 0 Å². The van der Waals surface area contributed by atoms with Crippen LogP contribution in [0.4, 0.5) is 0 Å². The molecule has 104 valence electrons. The number of halogens is 1. The average molecular weight is 336 g/mol. The van der Waals surface area contributed by atoms with Gasteiger partial charge in [-0.15, -0.1) is 0 Å². The third-order valence-electron chi connectivity index (χ3n) is 2.96. The van der Waals surface area contributed by atoms with E-state index in [-0.39, 0.29) is 0 Å². The van der Waals surface area contributed by atoms with Gasteiger partial charge in [0, 0.05) is 42.4 Å². The van der Waals surface area contributed by atoms with Crippen molar-refractivity contribution in [1.29, 1.82) is 0 Å². The molecule has 1 rings (SSSR count). The fourth-order valence-electron chi connectivity index (χ4n) is 1.73. The minimum atomic E-state index is -0.707. The summed E-state index contributed by atoms with van der Waals surface area (Å²) in [7, 11) is 1.26. The van der Waals surface area contributed by atoms with Crippen molar-refractivity contribution in [3.8, 4) is 0 Å². The summed E-state index contributed by atoms with van der Waals surface area (Å²) in [5, 5.41) is 7.91. The third-order valence-corrected chi connectivity index (χ3v) is 4.69. The summed E-state index contributed by atoms with van der Waals surface area (Å²) in [4.78, 5) is 0. The summed E-state index contributed by atoms with van der Waals surface area (Å²) in [6.07, 6.45) is 3.61. The highest BCUT2D eigenvalue weighted by Gasteiger charge is 2.13. The van der Waals surface area contributed by atoms with E-state index in [1.54, 1.807) is 6.26 Å². The van der Waals surface area contributed by atoms with Crippen LogP contribution < -0.4 is 5.32 Å². The van der Waals surface area contributed by atoms with Gasteiger partial charge < -0.3 is 5.32 Å². The zero-order valence-electron chi connectivity index (χ0n) is 11.5. The summed E-state index contributed by atoms with van der Waals surface area (Å²) in [6.45, 7) is 5.00. The van der Waals surface area contributed by atoms with Crippen molar-refractivity contribution in [2.24, 2.45) is 7.05 Å². The van der Waals surface area contributed by atoms with E-state index in [0.29, 0.717) is 6.04 Å². The van der Waals surface area contributed by atoms with Crippen LogP contribution in [0.5, 0.6) is 0 Å². The summed E-state index contributed by atoms with van der Waals surface area (Å²) < 4.78 is 14.1. The molecule has 6 heteroatoms. The molecule has 0 spiro atoms. The SMILES string of the molecule is CCc1nn(C)c(CNC(C)CCS(C)=O)c1Br. The van der Waals surface area contributed by atoms with Gasteiger partial charge in [-0.05, 0) is 35.7 Å². The average Bonchev–Trinajstić information content (AvgIpc) is 2.59. The molecular weight excluding hydrogens is 314 g/mol. The lowest BCUT2D eigenvalue weighted by Crippen LogP contribution is -2.28. The summed E-state index contributed by atoms with van der Waals surface area (Å²) in [5.41, 5.74) is 2.26. The van der Waals surface area contributed by atoms with E-state index in [4.69, 9.17) is 0 Å². The fourth-order valence-corrected chi connectivity index (χ4v) is 3.17. The van der Waals surface area contributed by atoms with Crippen molar-refractivity contribution in [2.45, 2.75) is 39.3 Å². The quantitative estimate of drug-likeness (QED) is 0.828. The highest BCUT2D eigenvalue weighted by atomic mass is 79.9. The molecule has 0 saturated carbocycles. The number of nitrogens with zero attached hydrogens (tertiary/aromatic N) is 2. The Morgan fingerprint density at radius 2 is 2.22 bits per heavy atom. The molecule has 0 aromatic carbocycles. The molecule has 2 unspecified atom stereocenters. The van der Waals surface area contributed by atoms with Gasteiger partial charge in [0.2, 0.25) is 0 Å². The first kappa shape index (κ1) is 15.9. The van der Waals surface area contributed by atoms with E-state index < -0.39 is 10.8 Å². The number of aryl methyl sites for hydroxylation is 2. The Kier molecular flexibility index (Phi) is 6.52. The molecule has 0 aliphatic carbocycles. The molecule has 4 nitrogen and oxygen atoms in total. The zero-order valence-corrected chi connectivity index (χ0v) is 13.9. The topological polar surface area (TPSA) is 46.9 Å². The first-order chi connectivity index (χ1) is 8.45. The van der Waals surface area contributed by atoms with E-state index in [0.717, 1.165) is 41.0 Å². The van der Waals surface area contributed by atoms with E-state index in [1.165, 1.54) is 0 Å². The van der Waals surface area contributed by atoms with Crippen molar-refractivity contribution >= 4 is 26.7 Å². The van der Waals surface area contributed by atoms with Gasteiger partial charge in [-0.25, -0.2) is 0 Å². The van der Waals surface area contributed by atoms with Crippen molar-refractivity contribution in [3.63, 3.8) is 0 Å². The Balaban J connectivity index is 2.53. The van der Waals surface area contributed by atoms with Crippen molar-refractivity contribution in [1.82, 2.24) is 15.1 Å². The van der Waals surface area contributed by atoms with E-state index >= 15 is 0 Å². The molecule has 1 aromatic heterocycles. The number of hydrogen-bond donors (Lipinski definition) is 1. The molecular formula is C12H22BrN3OS. The van der Waals surface area contributed by atoms with Crippen molar-refractivity contribution in [3.05, 3.63) is 15.9 Å². The number of hydrogen-bond acceptors (Lipinski definition) is 3. The molecule has 0 aliphatic heterocycles. The van der Waals surface area contributed by atoms with Gasteiger partial charge >= 0.3 is 0 Å². The number of aromatic nitrogens is 2. The second-order valence-corrected chi connectivity index (χ2v) is 6.88. The fraction of sp³-hybridized carbons (Fsp3) is 0.750. The monoisotopic (exact) mass is 335 g/mol. The third kappa shape index (κ3) is 4.48. The maximum Gasteiger partial charge on any atom is 0.0767 e. The number of nitrogens with one attached hydrogen (secondary N) is 1. The van der Waals surface area contributed by atoms with Crippen LogP contribution in [0.1, 0.15) is 31.7 Å². The second-order valence-electron chi connectivity index (χ2n) is 4.53. The lowest BCUT2D eigenvalue weighted by Gasteiger charge is -2.13. The normalized spacial score (nSPS) is 14.7. The van der Waals surface area contributed by atoms with Crippen LogP contribution in [0.25, 0.3) is 0 Å². The Morgan fingerprint density at radius 3 is 2.72 bits per heavy atom. The van der Waals surface area contributed by atoms with Crippen LogP contribution >= 0.6 is 15.9 Å². The van der Waals surface area contributed by atoms with Gasteiger partial charge in [-0.3, -0.25) is 8.89 Å². The van der Waals surface area contributed by atoms with Crippen LogP contribution in [0, 0.1) is 0 Å². The van der Waals surface area contributed by atoms with Crippen LogP contribution in [0.3, 0.4) is 0 Å². The van der Waals surface area contributed by atoms with E-state index in [1.807, 2.05) is 11.7 Å². The molecule has 1 aromatic rings. The maximum absolute atomic E-state index is 11.0. The molecule has 0 radical (unpaired) electrons. The van der Waals surface area contributed by atoms with Crippen LogP contribution in [0.15, 0.2) is 4.47 Å². The highest BCUT2D eigenvalue weighted by Crippen LogP contribution is 2.21. The molecule has 0 fully saturated rings.